The zero-order chi connectivity index (χ0) is 18.1. The molecule has 7 heteroatoms. The van der Waals surface area contributed by atoms with Crippen LogP contribution in [0.15, 0.2) is 79.2 Å². The second-order valence-electron chi connectivity index (χ2n) is 5.32. The first-order valence-electron chi connectivity index (χ1n) is 7.57. The molecule has 0 aliphatic rings. The molecule has 0 aliphatic carbocycles. The molecule has 0 atom stereocenters. The zero-order valence-corrected chi connectivity index (χ0v) is 14.7. The van der Waals surface area contributed by atoms with Crippen molar-refractivity contribution in [2.24, 2.45) is 0 Å². The van der Waals surface area contributed by atoms with Crippen LogP contribution in [0.2, 0.25) is 0 Å². The predicted octanol–water partition coefficient (Wildman–Crippen LogP) is 4.43. The van der Waals surface area contributed by atoms with E-state index < -0.39 is 11.4 Å². The number of nitrogens with zero attached hydrogens (tertiary/aromatic N) is 1. The highest BCUT2D eigenvalue weighted by atomic mass is 79.9. The van der Waals surface area contributed by atoms with Gasteiger partial charge in [-0.25, -0.2) is 4.79 Å². The lowest BCUT2D eigenvalue weighted by atomic mass is 10.2. The summed E-state index contributed by atoms with van der Waals surface area (Å²) >= 11 is 3.21. The van der Waals surface area contributed by atoms with Gasteiger partial charge in [-0.3, -0.25) is 9.78 Å². The number of halogens is 1. The maximum Gasteiger partial charge on any atom is 0.345 e. The van der Waals surface area contributed by atoms with Crippen molar-refractivity contribution in [2.45, 2.75) is 0 Å². The van der Waals surface area contributed by atoms with Crippen LogP contribution in [0.25, 0.3) is 22.5 Å². The Bertz CT molecular complexity index is 1160. The normalized spacial score (nSPS) is 10.8. The van der Waals surface area contributed by atoms with Gasteiger partial charge in [0.25, 0.3) is 0 Å². The third-order valence-electron chi connectivity index (χ3n) is 3.65. The summed E-state index contributed by atoms with van der Waals surface area (Å²) in [4.78, 5) is 29.2. The summed E-state index contributed by atoms with van der Waals surface area (Å²) in [5, 5.41) is 0.302. The first-order chi connectivity index (χ1) is 12.6. The standard InChI is InChI=1S/C19H10BrNO5/c20-15-8-7-14(24-15)17-18(26-19(23)11-4-3-9-21-10-11)16(22)12-5-1-2-6-13(12)25-17/h1-10H. The van der Waals surface area contributed by atoms with Crippen molar-refractivity contribution in [2.75, 3.05) is 0 Å². The Kier molecular flexibility index (Phi) is 4.14. The van der Waals surface area contributed by atoms with E-state index >= 15 is 0 Å². The molecule has 3 aromatic heterocycles. The lowest BCUT2D eigenvalue weighted by Crippen LogP contribution is -2.16. The molecule has 6 nitrogen and oxygen atoms in total. The van der Waals surface area contributed by atoms with E-state index in [1.807, 2.05) is 0 Å². The average Bonchev–Trinajstić information content (AvgIpc) is 3.10. The van der Waals surface area contributed by atoms with Crippen molar-refractivity contribution in [1.29, 1.82) is 0 Å². The number of benzene rings is 1. The van der Waals surface area contributed by atoms with Crippen LogP contribution >= 0.6 is 15.9 Å². The molecule has 128 valence electrons. The van der Waals surface area contributed by atoms with E-state index in [0.29, 0.717) is 15.6 Å². The van der Waals surface area contributed by atoms with E-state index in [0.717, 1.165) is 0 Å². The number of hydrogen-bond donors (Lipinski definition) is 0. The highest BCUT2D eigenvalue weighted by molar-refractivity contribution is 9.10. The van der Waals surface area contributed by atoms with Crippen molar-refractivity contribution in [3.8, 4) is 17.3 Å². The second kappa shape index (κ2) is 6.61. The molecule has 0 bridgehead atoms. The molecule has 0 spiro atoms. The largest absolute Gasteiger partial charge is 0.449 e. The topological polar surface area (TPSA) is 82.5 Å². The monoisotopic (exact) mass is 411 g/mol. The fourth-order valence-electron chi connectivity index (χ4n) is 2.45. The summed E-state index contributed by atoms with van der Waals surface area (Å²) in [6, 6.07) is 13.1. The van der Waals surface area contributed by atoms with E-state index in [1.54, 1.807) is 48.5 Å². The highest BCUT2D eigenvalue weighted by Gasteiger charge is 2.23. The number of pyridine rings is 1. The van der Waals surface area contributed by atoms with Gasteiger partial charge in [0.05, 0.1) is 10.9 Å². The van der Waals surface area contributed by atoms with Crippen LogP contribution in [-0.4, -0.2) is 11.0 Å². The van der Waals surface area contributed by atoms with E-state index in [1.165, 1.54) is 12.4 Å². The van der Waals surface area contributed by atoms with Crippen molar-refractivity contribution in [1.82, 2.24) is 4.98 Å². The van der Waals surface area contributed by atoms with E-state index in [-0.39, 0.29) is 22.8 Å². The Morgan fingerprint density at radius 1 is 1.04 bits per heavy atom. The summed E-state index contributed by atoms with van der Waals surface area (Å²) in [7, 11) is 0. The van der Waals surface area contributed by atoms with Gasteiger partial charge in [0.1, 0.15) is 5.58 Å². The number of carbonyl (C=O) groups excluding carboxylic acids is 1. The summed E-state index contributed by atoms with van der Waals surface area (Å²) in [6.45, 7) is 0. The number of furan rings is 1. The van der Waals surface area contributed by atoms with Crippen LogP contribution < -0.4 is 10.2 Å². The van der Waals surface area contributed by atoms with Crippen molar-refractivity contribution in [3.05, 3.63) is 81.4 Å². The minimum absolute atomic E-state index is 0.0386. The van der Waals surface area contributed by atoms with Gasteiger partial charge in [-0.1, -0.05) is 12.1 Å². The first-order valence-corrected chi connectivity index (χ1v) is 8.36. The van der Waals surface area contributed by atoms with Gasteiger partial charge in [-0.15, -0.1) is 0 Å². The van der Waals surface area contributed by atoms with Gasteiger partial charge in [0.15, 0.2) is 10.4 Å². The number of ether oxygens (including phenoxy) is 1. The Labute approximate surface area is 155 Å². The van der Waals surface area contributed by atoms with Crippen molar-refractivity contribution >= 4 is 32.9 Å². The Balaban J connectivity index is 1.90. The van der Waals surface area contributed by atoms with Crippen LogP contribution in [-0.2, 0) is 0 Å². The molecule has 0 aliphatic heterocycles. The summed E-state index contributed by atoms with van der Waals surface area (Å²) < 4.78 is 17.1. The molecule has 3 heterocycles. The summed E-state index contributed by atoms with van der Waals surface area (Å²) in [6.07, 6.45) is 2.89. The number of aromatic nitrogens is 1. The van der Waals surface area contributed by atoms with Crippen LogP contribution in [0.1, 0.15) is 10.4 Å². The third kappa shape index (κ3) is 2.93. The molecule has 0 unspecified atom stereocenters. The number of carbonyl (C=O) groups is 1. The number of rotatable bonds is 3. The van der Waals surface area contributed by atoms with Gasteiger partial charge in [-0.2, -0.15) is 0 Å². The predicted molar refractivity (Wildman–Crippen MR) is 97.1 cm³/mol. The molecular formula is C19H10BrNO5. The average molecular weight is 412 g/mol. The molecule has 0 radical (unpaired) electrons. The molecule has 0 saturated heterocycles. The van der Waals surface area contributed by atoms with E-state index in [2.05, 4.69) is 20.9 Å². The van der Waals surface area contributed by atoms with Crippen molar-refractivity contribution in [3.63, 3.8) is 0 Å². The van der Waals surface area contributed by atoms with Gasteiger partial charge in [0, 0.05) is 12.4 Å². The first kappa shape index (κ1) is 16.3. The molecule has 4 rings (SSSR count). The summed E-state index contributed by atoms with van der Waals surface area (Å²) in [5.41, 5.74) is 0.111. The molecule has 26 heavy (non-hydrogen) atoms. The zero-order valence-electron chi connectivity index (χ0n) is 13.1. The summed E-state index contributed by atoms with van der Waals surface area (Å²) in [5.74, 6) is -0.655. The minimum atomic E-state index is -0.715. The highest BCUT2D eigenvalue weighted by Crippen LogP contribution is 2.33. The number of fused-ring (bicyclic) bond motifs is 1. The van der Waals surface area contributed by atoms with Crippen LogP contribution in [0, 0.1) is 0 Å². The lowest BCUT2D eigenvalue weighted by molar-refractivity contribution is 0.0730. The Morgan fingerprint density at radius 2 is 1.88 bits per heavy atom. The quantitative estimate of drug-likeness (QED) is 0.463. The molecule has 0 saturated carbocycles. The molecule has 0 fully saturated rings. The molecule has 4 aromatic rings. The SMILES string of the molecule is O=C(Oc1c(-c2ccc(Br)o2)oc2ccccc2c1=O)c1cccnc1. The number of esters is 1. The third-order valence-corrected chi connectivity index (χ3v) is 4.07. The Morgan fingerprint density at radius 3 is 2.62 bits per heavy atom. The Hall–Kier alpha value is -3.19. The van der Waals surface area contributed by atoms with E-state index in [4.69, 9.17) is 13.6 Å². The smallest absolute Gasteiger partial charge is 0.345 e. The van der Waals surface area contributed by atoms with Gasteiger partial charge in [0.2, 0.25) is 16.9 Å². The van der Waals surface area contributed by atoms with Crippen LogP contribution in [0.5, 0.6) is 5.75 Å². The molecule has 0 N–H and O–H groups in total. The fraction of sp³-hybridized carbons (Fsp3) is 0. The molecule has 1 aromatic carbocycles. The van der Waals surface area contributed by atoms with E-state index in [9.17, 15) is 9.59 Å². The second-order valence-corrected chi connectivity index (χ2v) is 6.10. The molecule has 0 amide bonds. The van der Waals surface area contributed by atoms with Crippen LogP contribution in [0.3, 0.4) is 0 Å². The molecular weight excluding hydrogens is 402 g/mol. The maximum atomic E-state index is 12.9. The minimum Gasteiger partial charge on any atom is -0.449 e. The number of para-hydroxylation sites is 1. The van der Waals surface area contributed by atoms with Gasteiger partial charge < -0.3 is 13.6 Å². The van der Waals surface area contributed by atoms with Crippen molar-refractivity contribution < 1.29 is 18.4 Å². The van der Waals surface area contributed by atoms with Gasteiger partial charge in [-0.05, 0) is 52.3 Å². The maximum absolute atomic E-state index is 12.9. The van der Waals surface area contributed by atoms with Gasteiger partial charge >= 0.3 is 5.97 Å². The lowest BCUT2D eigenvalue weighted by Gasteiger charge is -2.08. The number of hydrogen-bond acceptors (Lipinski definition) is 6. The fourth-order valence-corrected chi connectivity index (χ4v) is 2.76. The van der Waals surface area contributed by atoms with Crippen LogP contribution in [0.4, 0.5) is 0 Å².